The van der Waals surface area contributed by atoms with Gasteiger partial charge in [-0.25, -0.2) is 0 Å². The first-order chi connectivity index (χ1) is 13.0. The van der Waals surface area contributed by atoms with E-state index in [2.05, 4.69) is 14.0 Å². The molecule has 1 aliphatic heterocycles. The van der Waals surface area contributed by atoms with Crippen molar-refractivity contribution in [2.45, 2.75) is 26.3 Å². The summed E-state index contributed by atoms with van der Waals surface area (Å²) < 4.78 is 11.1. The van der Waals surface area contributed by atoms with Crippen LogP contribution in [0.25, 0.3) is 6.08 Å². The van der Waals surface area contributed by atoms with Crippen molar-refractivity contribution in [2.75, 3.05) is 20.7 Å². The summed E-state index contributed by atoms with van der Waals surface area (Å²) in [5, 5.41) is 10.3. The van der Waals surface area contributed by atoms with Gasteiger partial charge in [0.1, 0.15) is 18.0 Å². The maximum absolute atomic E-state index is 12.7. The Labute approximate surface area is 159 Å². The molecule has 142 valence electrons. The molecular weight excluding hydrogens is 342 g/mol. The van der Waals surface area contributed by atoms with Gasteiger partial charge in [0.25, 0.3) is 0 Å². The number of rotatable bonds is 7. The van der Waals surface area contributed by atoms with Gasteiger partial charge in [-0.15, -0.1) is 0 Å². The van der Waals surface area contributed by atoms with Crippen molar-refractivity contribution in [3.8, 4) is 17.2 Å². The Hall–Kier alpha value is -2.79. The molecule has 0 aromatic heterocycles. The minimum atomic E-state index is -0.159. The fraction of sp³-hybridized carbons (Fsp3) is 0.318. The highest BCUT2D eigenvalue weighted by atomic mass is 16.5. The Kier molecular flexibility index (Phi) is 5.81. The summed E-state index contributed by atoms with van der Waals surface area (Å²) in [5.41, 5.74) is 2.04. The third kappa shape index (κ3) is 4.14. The van der Waals surface area contributed by atoms with E-state index in [1.165, 1.54) is 4.90 Å². The lowest BCUT2D eigenvalue weighted by Crippen LogP contribution is -3.07. The SMILES string of the molecule is CCCC[NH+](C)Cc1c(O)ccc2c1OC(=Cc1ccc(OC)cc1)C2=O. The summed E-state index contributed by atoms with van der Waals surface area (Å²) in [6.07, 6.45) is 3.96. The summed E-state index contributed by atoms with van der Waals surface area (Å²) in [7, 11) is 3.70. The second-order valence-corrected chi connectivity index (χ2v) is 6.89. The van der Waals surface area contributed by atoms with E-state index in [0.717, 1.165) is 30.7 Å². The van der Waals surface area contributed by atoms with Crippen LogP contribution in [0.4, 0.5) is 0 Å². The number of benzene rings is 2. The normalized spacial score (nSPS) is 15.5. The number of allylic oxidation sites excluding steroid dienone is 1. The van der Waals surface area contributed by atoms with Crippen LogP contribution in [0.3, 0.4) is 0 Å². The molecule has 0 saturated carbocycles. The molecule has 1 unspecified atom stereocenters. The number of ketones is 1. The van der Waals surface area contributed by atoms with Crippen LogP contribution in [-0.2, 0) is 6.54 Å². The van der Waals surface area contributed by atoms with E-state index in [-0.39, 0.29) is 17.3 Å². The lowest BCUT2D eigenvalue weighted by molar-refractivity contribution is -0.894. The zero-order chi connectivity index (χ0) is 19.4. The molecule has 2 aromatic rings. The zero-order valence-corrected chi connectivity index (χ0v) is 16.0. The van der Waals surface area contributed by atoms with Gasteiger partial charge < -0.3 is 19.5 Å². The van der Waals surface area contributed by atoms with Gasteiger partial charge in [0.15, 0.2) is 11.5 Å². The van der Waals surface area contributed by atoms with E-state index in [1.807, 2.05) is 24.3 Å². The smallest absolute Gasteiger partial charge is 0.231 e. The number of quaternary nitrogens is 1. The van der Waals surface area contributed by atoms with Crippen LogP contribution in [0.15, 0.2) is 42.2 Å². The number of unbranched alkanes of at least 4 members (excludes halogenated alkanes) is 1. The molecule has 1 aliphatic rings. The fourth-order valence-corrected chi connectivity index (χ4v) is 3.19. The number of aromatic hydroxyl groups is 1. The molecule has 1 atom stereocenters. The second kappa shape index (κ2) is 8.27. The highest BCUT2D eigenvalue weighted by molar-refractivity contribution is 6.14. The Morgan fingerprint density at radius 2 is 1.93 bits per heavy atom. The molecule has 0 aliphatic carbocycles. The van der Waals surface area contributed by atoms with Gasteiger partial charge in [-0.3, -0.25) is 4.79 Å². The molecule has 1 heterocycles. The van der Waals surface area contributed by atoms with E-state index in [1.54, 1.807) is 25.3 Å². The van der Waals surface area contributed by atoms with Crippen LogP contribution in [0.5, 0.6) is 17.2 Å². The third-order valence-corrected chi connectivity index (χ3v) is 4.77. The van der Waals surface area contributed by atoms with Crippen molar-refractivity contribution in [2.24, 2.45) is 0 Å². The fourth-order valence-electron chi connectivity index (χ4n) is 3.19. The highest BCUT2D eigenvalue weighted by Crippen LogP contribution is 2.39. The first-order valence-corrected chi connectivity index (χ1v) is 9.28. The predicted octanol–water partition coefficient (Wildman–Crippen LogP) is 2.83. The standard InChI is InChI=1S/C22H25NO4/c1-4-5-12-23(2)14-18-19(24)11-10-17-21(25)20(27-22(17)18)13-15-6-8-16(26-3)9-7-15/h6-11,13,24H,4-5,12,14H2,1-3H3/p+1. The van der Waals surface area contributed by atoms with Crippen molar-refractivity contribution >= 4 is 11.9 Å². The average Bonchev–Trinajstić information content (AvgIpc) is 2.99. The maximum Gasteiger partial charge on any atom is 0.231 e. The third-order valence-electron chi connectivity index (χ3n) is 4.77. The van der Waals surface area contributed by atoms with Crippen LogP contribution < -0.4 is 14.4 Å². The Bertz CT molecular complexity index is 855. The molecule has 0 spiro atoms. The van der Waals surface area contributed by atoms with E-state index in [0.29, 0.717) is 23.4 Å². The quantitative estimate of drug-likeness (QED) is 0.738. The first kappa shape index (κ1) is 19.0. The van der Waals surface area contributed by atoms with Crippen LogP contribution in [-0.4, -0.2) is 31.6 Å². The largest absolute Gasteiger partial charge is 0.507 e. The van der Waals surface area contributed by atoms with Crippen molar-refractivity contribution in [3.63, 3.8) is 0 Å². The van der Waals surface area contributed by atoms with E-state index >= 15 is 0 Å². The summed E-state index contributed by atoms with van der Waals surface area (Å²) in [5.74, 6) is 1.52. The van der Waals surface area contributed by atoms with Gasteiger partial charge in [0.05, 0.1) is 31.8 Å². The number of methoxy groups -OCH3 is 1. The topological polar surface area (TPSA) is 60.2 Å². The Morgan fingerprint density at radius 1 is 1.19 bits per heavy atom. The van der Waals surface area contributed by atoms with Crippen molar-refractivity contribution in [3.05, 3.63) is 58.8 Å². The van der Waals surface area contributed by atoms with Crippen molar-refractivity contribution < 1.29 is 24.3 Å². The van der Waals surface area contributed by atoms with E-state index in [9.17, 15) is 9.90 Å². The van der Waals surface area contributed by atoms with Gasteiger partial charge >= 0.3 is 0 Å². The molecule has 0 radical (unpaired) electrons. The number of Topliss-reactive ketones (excluding diaryl/α,β-unsaturated/α-hetero) is 1. The number of nitrogens with one attached hydrogen (secondary N) is 1. The molecule has 0 bridgehead atoms. The maximum atomic E-state index is 12.7. The van der Waals surface area contributed by atoms with Crippen LogP contribution in [0.1, 0.15) is 41.3 Å². The number of fused-ring (bicyclic) bond motifs is 1. The number of hydrogen-bond donors (Lipinski definition) is 2. The lowest BCUT2D eigenvalue weighted by Gasteiger charge is -2.16. The molecular formula is C22H26NO4+. The van der Waals surface area contributed by atoms with E-state index < -0.39 is 0 Å². The summed E-state index contributed by atoms with van der Waals surface area (Å²) >= 11 is 0. The van der Waals surface area contributed by atoms with Gasteiger partial charge in [0, 0.05) is 0 Å². The Morgan fingerprint density at radius 3 is 2.59 bits per heavy atom. The number of hydrogen-bond acceptors (Lipinski definition) is 4. The number of ether oxygens (including phenoxy) is 2. The van der Waals surface area contributed by atoms with Crippen LogP contribution >= 0.6 is 0 Å². The monoisotopic (exact) mass is 368 g/mol. The Balaban J connectivity index is 1.87. The number of phenolic OH excluding ortho intramolecular Hbond substituents is 1. The molecule has 0 amide bonds. The van der Waals surface area contributed by atoms with Crippen LogP contribution in [0.2, 0.25) is 0 Å². The predicted molar refractivity (Wildman–Crippen MR) is 104 cm³/mol. The van der Waals surface area contributed by atoms with Gasteiger partial charge in [0.2, 0.25) is 5.78 Å². The van der Waals surface area contributed by atoms with Crippen LogP contribution in [0, 0.1) is 0 Å². The number of carbonyl (C=O) groups is 1. The van der Waals surface area contributed by atoms with Gasteiger partial charge in [-0.05, 0) is 42.3 Å². The molecule has 0 saturated heterocycles. The molecule has 3 rings (SSSR count). The highest BCUT2D eigenvalue weighted by Gasteiger charge is 2.32. The molecule has 27 heavy (non-hydrogen) atoms. The minimum Gasteiger partial charge on any atom is -0.507 e. The molecule has 5 nitrogen and oxygen atoms in total. The van der Waals surface area contributed by atoms with Gasteiger partial charge in [-0.1, -0.05) is 25.5 Å². The van der Waals surface area contributed by atoms with E-state index in [4.69, 9.17) is 9.47 Å². The summed E-state index contributed by atoms with van der Waals surface area (Å²) in [6, 6.07) is 10.6. The molecule has 5 heteroatoms. The minimum absolute atomic E-state index is 0.159. The summed E-state index contributed by atoms with van der Waals surface area (Å²) in [4.78, 5) is 14.0. The van der Waals surface area contributed by atoms with Crippen molar-refractivity contribution in [1.82, 2.24) is 0 Å². The number of carbonyl (C=O) groups excluding carboxylic acids is 1. The first-order valence-electron chi connectivity index (χ1n) is 9.28. The molecule has 2 aromatic carbocycles. The van der Waals surface area contributed by atoms with Gasteiger partial charge in [-0.2, -0.15) is 0 Å². The molecule has 0 fully saturated rings. The number of phenols is 1. The second-order valence-electron chi connectivity index (χ2n) is 6.89. The average molecular weight is 368 g/mol. The zero-order valence-electron chi connectivity index (χ0n) is 16.0. The summed E-state index contributed by atoms with van der Waals surface area (Å²) in [6.45, 7) is 3.77. The molecule has 2 N–H and O–H groups in total. The van der Waals surface area contributed by atoms with Crippen molar-refractivity contribution in [1.29, 1.82) is 0 Å². The lowest BCUT2D eigenvalue weighted by atomic mass is 10.0.